The fourth-order valence-corrected chi connectivity index (χ4v) is 4.59. The van der Waals surface area contributed by atoms with Crippen LogP contribution < -0.4 is 10.6 Å². The Morgan fingerprint density at radius 2 is 0.955 bits per heavy atom. The molecule has 0 amide bonds. The van der Waals surface area contributed by atoms with Crippen LogP contribution in [0, 0.1) is 18.6 Å². The van der Waals surface area contributed by atoms with Gasteiger partial charge in [0, 0.05) is 17.1 Å². The number of aromatic carboxylic acids is 1. The molecule has 6 aromatic carbocycles. The normalized spacial score (nSPS) is 10.3. The number of hydrogen-bond acceptors (Lipinski definition) is 3. The van der Waals surface area contributed by atoms with Crippen LogP contribution in [0.15, 0.2) is 146 Å². The first kappa shape index (κ1) is 29.7. The van der Waals surface area contributed by atoms with Crippen LogP contribution in [-0.4, -0.2) is 11.1 Å². The third-order valence-electron chi connectivity index (χ3n) is 6.95. The van der Waals surface area contributed by atoms with Crippen LogP contribution in [0.3, 0.4) is 0 Å². The zero-order valence-corrected chi connectivity index (χ0v) is 24.0. The maximum Gasteiger partial charge on any atom is 0.337 e. The lowest BCUT2D eigenvalue weighted by molar-refractivity contribution is 0.0698. The van der Waals surface area contributed by atoms with Gasteiger partial charge in [0.2, 0.25) is 0 Å². The summed E-state index contributed by atoms with van der Waals surface area (Å²) in [6.07, 6.45) is 0. The molecule has 6 rings (SSSR count). The molecular weight excluding hydrogens is 554 g/mol. The van der Waals surface area contributed by atoms with E-state index in [0.717, 1.165) is 33.6 Å². The van der Waals surface area contributed by atoms with Crippen LogP contribution in [0.2, 0.25) is 0 Å². The van der Waals surface area contributed by atoms with Crippen LogP contribution in [0.5, 0.6) is 0 Å². The van der Waals surface area contributed by atoms with Crippen molar-refractivity contribution in [2.45, 2.75) is 6.92 Å². The quantitative estimate of drug-likeness (QED) is 0.175. The average Bonchev–Trinajstić information content (AvgIpc) is 3.05. The molecule has 0 atom stereocenters. The smallest absolute Gasteiger partial charge is 0.337 e. The fourth-order valence-electron chi connectivity index (χ4n) is 4.59. The summed E-state index contributed by atoms with van der Waals surface area (Å²) in [4.78, 5) is 11.4. The Morgan fingerprint density at radius 1 is 0.523 bits per heavy atom. The SMILES string of the molecule is Cc1ccc(-c2ccccc2)cc1Nc1ccc(F)cc1.O=C(O)c1ccc(-c2ccccc2)cc1Nc1ccc(F)cc1. The monoisotopic (exact) mass is 584 g/mol. The van der Waals surface area contributed by atoms with Gasteiger partial charge >= 0.3 is 5.97 Å². The molecule has 0 bridgehead atoms. The van der Waals surface area contributed by atoms with E-state index in [1.807, 2.05) is 48.5 Å². The molecule has 0 fully saturated rings. The van der Waals surface area contributed by atoms with Crippen molar-refractivity contribution in [3.8, 4) is 22.3 Å². The molecule has 0 aliphatic heterocycles. The molecule has 6 aromatic rings. The number of carboxylic acid groups (broad SMARTS) is 1. The van der Waals surface area contributed by atoms with Crippen LogP contribution in [0.1, 0.15) is 15.9 Å². The van der Waals surface area contributed by atoms with Crippen molar-refractivity contribution in [3.05, 3.63) is 168 Å². The Labute approximate surface area is 255 Å². The molecular formula is C38H30F2N2O2. The van der Waals surface area contributed by atoms with E-state index in [9.17, 15) is 18.7 Å². The van der Waals surface area contributed by atoms with Gasteiger partial charge < -0.3 is 15.7 Å². The summed E-state index contributed by atoms with van der Waals surface area (Å²) >= 11 is 0. The van der Waals surface area contributed by atoms with Gasteiger partial charge in [-0.3, -0.25) is 0 Å². The number of carboxylic acids is 1. The molecule has 44 heavy (non-hydrogen) atoms. The lowest BCUT2D eigenvalue weighted by Gasteiger charge is -2.12. The Balaban J connectivity index is 0.000000175. The van der Waals surface area contributed by atoms with Gasteiger partial charge in [-0.05, 0) is 101 Å². The first-order valence-corrected chi connectivity index (χ1v) is 14.0. The van der Waals surface area contributed by atoms with Crippen LogP contribution in [0.4, 0.5) is 31.5 Å². The number of halogens is 2. The molecule has 0 aliphatic carbocycles. The highest BCUT2D eigenvalue weighted by molar-refractivity contribution is 5.96. The zero-order chi connectivity index (χ0) is 30.9. The summed E-state index contributed by atoms with van der Waals surface area (Å²) in [5.74, 6) is -1.59. The molecule has 0 heterocycles. The number of hydrogen-bond donors (Lipinski definition) is 3. The van der Waals surface area contributed by atoms with Crippen molar-refractivity contribution in [2.75, 3.05) is 10.6 Å². The van der Waals surface area contributed by atoms with E-state index in [0.29, 0.717) is 11.4 Å². The minimum atomic E-state index is -1.02. The van der Waals surface area contributed by atoms with Crippen LogP contribution >= 0.6 is 0 Å². The Kier molecular flexibility index (Phi) is 9.42. The Hall–Kier alpha value is -5.75. The minimum Gasteiger partial charge on any atom is -0.478 e. The van der Waals surface area contributed by atoms with Crippen molar-refractivity contribution in [3.63, 3.8) is 0 Å². The van der Waals surface area contributed by atoms with E-state index in [-0.39, 0.29) is 17.2 Å². The number of aryl methyl sites for hydroxylation is 1. The number of anilines is 4. The molecule has 0 unspecified atom stereocenters. The van der Waals surface area contributed by atoms with Crippen molar-refractivity contribution in [2.24, 2.45) is 0 Å². The van der Waals surface area contributed by atoms with Gasteiger partial charge in [-0.25, -0.2) is 13.6 Å². The molecule has 0 saturated carbocycles. The minimum absolute atomic E-state index is 0.161. The number of rotatable bonds is 7. The highest BCUT2D eigenvalue weighted by atomic mass is 19.1. The molecule has 0 radical (unpaired) electrons. The van der Waals surface area contributed by atoms with Gasteiger partial charge in [0.25, 0.3) is 0 Å². The maximum atomic E-state index is 13.0. The second-order valence-electron chi connectivity index (χ2n) is 10.1. The number of carbonyl (C=O) groups is 1. The topological polar surface area (TPSA) is 61.4 Å². The summed E-state index contributed by atoms with van der Waals surface area (Å²) < 4.78 is 26.0. The molecule has 0 aromatic heterocycles. The van der Waals surface area contributed by atoms with Crippen molar-refractivity contribution >= 4 is 28.7 Å². The van der Waals surface area contributed by atoms with Gasteiger partial charge in [-0.2, -0.15) is 0 Å². The second kappa shape index (κ2) is 13.9. The van der Waals surface area contributed by atoms with E-state index in [1.165, 1.54) is 29.8 Å². The van der Waals surface area contributed by atoms with Gasteiger partial charge in [0.15, 0.2) is 0 Å². The van der Waals surface area contributed by atoms with Crippen molar-refractivity contribution < 1.29 is 18.7 Å². The first-order chi connectivity index (χ1) is 21.4. The van der Waals surface area contributed by atoms with Crippen LogP contribution in [0.25, 0.3) is 22.3 Å². The third-order valence-corrected chi connectivity index (χ3v) is 6.95. The van der Waals surface area contributed by atoms with Crippen LogP contribution in [-0.2, 0) is 0 Å². The lowest BCUT2D eigenvalue weighted by atomic mass is 10.0. The first-order valence-electron chi connectivity index (χ1n) is 14.0. The summed E-state index contributed by atoms with van der Waals surface area (Å²) in [6.45, 7) is 2.06. The molecule has 3 N–H and O–H groups in total. The summed E-state index contributed by atoms with van der Waals surface area (Å²) in [5, 5.41) is 15.7. The predicted octanol–water partition coefficient (Wildman–Crippen LogP) is 10.5. The van der Waals surface area contributed by atoms with E-state index in [1.54, 1.807) is 42.5 Å². The molecule has 0 aliphatic rings. The molecule has 218 valence electrons. The van der Waals surface area contributed by atoms with E-state index in [2.05, 4.69) is 47.9 Å². The van der Waals surface area contributed by atoms with Gasteiger partial charge in [0.1, 0.15) is 11.6 Å². The second-order valence-corrected chi connectivity index (χ2v) is 10.1. The Bertz CT molecular complexity index is 1840. The van der Waals surface area contributed by atoms with Gasteiger partial charge in [-0.15, -0.1) is 0 Å². The van der Waals surface area contributed by atoms with E-state index < -0.39 is 5.97 Å². The molecule has 6 heteroatoms. The van der Waals surface area contributed by atoms with Crippen molar-refractivity contribution in [1.82, 2.24) is 0 Å². The van der Waals surface area contributed by atoms with Crippen molar-refractivity contribution in [1.29, 1.82) is 0 Å². The molecule has 4 nitrogen and oxygen atoms in total. The molecule has 0 spiro atoms. The summed E-state index contributed by atoms with van der Waals surface area (Å²) in [6, 6.07) is 43.5. The highest BCUT2D eigenvalue weighted by Crippen LogP contribution is 2.29. The summed E-state index contributed by atoms with van der Waals surface area (Å²) in [5.41, 5.74) is 8.54. The largest absolute Gasteiger partial charge is 0.478 e. The van der Waals surface area contributed by atoms with E-state index >= 15 is 0 Å². The fraction of sp³-hybridized carbons (Fsp3) is 0.0263. The highest BCUT2D eigenvalue weighted by Gasteiger charge is 2.12. The number of nitrogens with one attached hydrogen (secondary N) is 2. The molecule has 0 saturated heterocycles. The standard InChI is InChI=1S/C19H14FNO2.C19H16FN/c20-15-7-9-16(10-8-15)21-18-12-14(6-11-17(18)19(22)23)13-4-2-1-3-5-13;1-14-7-8-16(15-5-3-2-4-6-15)13-19(14)21-18-11-9-17(20)10-12-18/h1-12,21H,(H,22,23);2-13,21H,1H3. The average molecular weight is 585 g/mol. The van der Waals surface area contributed by atoms with E-state index in [4.69, 9.17) is 0 Å². The maximum absolute atomic E-state index is 13.0. The van der Waals surface area contributed by atoms with Gasteiger partial charge in [-0.1, -0.05) is 78.9 Å². The van der Waals surface area contributed by atoms with Gasteiger partial charge in [0.05, 0.1) is 11.3 Å². The third kappa shape index (κ3) is 7.75. The number of benzene rings is 6. The lowest BCUT2D eigenvalue weighted by Crippen LogP contribution is -2.03. The Morgan fingerprint density at radius 3 is 1.43 bits per heavy atom. The zero-order valence-electron chi connectivity index (χ0n) is 24.0. The predicted molar refractivity (Wildman–Crippen MR) is 175 cm³/mol. The summed E-state index contributed by atoms with van der Waals surface area (Å²) in [7, 11) is 0.